The number of nitrogens with two attached hydrogens (primary N) is 1. The van der Waals surface area contributed by atoms with Crippen molar-refractivity contribution in [3.8, 4) is 6.07 Å². The van der Waals surface area contributed by atoms with Gasteiger partial charge in [-0.3, -0.25) is 0 Å². The Balaban J connectivity index is 2.92. The zero-order valence-electron chi connectivity index (χ0n) is 8.93. The molecular formula is C12H12N2O2. The molecule has 0 aliphatic heterocycles. The van der Waals surface area contributed by atoms with Gasteiger partial charge in [-0.05, 0) is 17.7 Å². The molecule has 0 unspecified atom stereocenters. The van der Waals surface area contributed by atoms with Crippen LogP contribution in [0.25, 0.3) is 6.08 Å². The van der Waals surface area contributed by atoms with Crippen molar-refractivity contribution in [3.05, 3.63) is 35.4 Å². The second kappa shape index (κ2) is 5.56. The van der Waals surface area contributed by atoms with Crippen LogP contribution in [0.4, 0.5) is 5.69 Å². The number of hydrogen-bond acceptors (Lipinski definition) is 4. The highest BCUT2D eigenvalue weighted by Crippen LogP contribution is 2.16. The van der Waals surface area contributed by atoms with Gasteiger partial charge in [-0.1, -0.05) is 18.2 Å². The number of nitriles is 1. The average Bonchev–Trinajstić information content (AvgIpc) is 2.30. The van der Waals surface area contributed by atoms with E-state index in [1.807, 2.05) is 6.07 Å². The number of nitrogens with zero attached hydrogens (tertiary/aromatic N) is 1. The molecule has 0 radical (unpaired) electrons. The van der Waals surface area contributed by atoms with Gasteiger partial charge in [0.1, 0.15) is 0 Å². The van der Waals surface area contributed by atoms with Crippen molar-refractivity contribution in [1.82, 2.24) is 0 Å². The fourth-order valence-electron chi connectivity index (χ4n) is 1.21. The number of nitrogen functional groups attached to an aromatic ring is 1. The maximum atomic E-state index is 11.2. The molecule has 0 saturated carbocycles. The summed E-state index contributed by atoms with van der Waals surface area (Å²) in [4.78, 5) is 11.2. The molecule has 0 heterocycles. The van der Waals surface area contributed by atoms with Crippen molar-refractivity contribution in [1.29, 1.82) is 5.26 Å². The van der Waals surface area contributed by atoms with Crippen LogP contribution in [0.15, 0.2) is 24.3 Å². The third-order valence-electron chi connectivity index (χ3n) is 2.01. The third-order valence-corrected chi connectivity index (χ3v) is 2.01. The Kier molecular flexibility index (Phi) is 4.10. The van der Waals surface area contributed by atoms with Gasteiger partial charge in [0.25, 0.3) is 0 Å². The first-order chi connectivity index (χ1) is 7.69. The normalized spacial score (nSPS) is 10.0. The molecule has 4 heteroatoms. The van der Waals surface area contributed by atoms with E-state index in [2.05, 4.69) is 4.74 Å². The minimum Gasteiger partial charge on any atom is -0.465 e. The fraction of sp³-hybridized carbons (Fsp3) is 0.167. The van der Waals surface area contributed by atoms with Crippen molar-refractivity contribution in [2.24, 2.45) is 0 Å². The van der Waals surface area contributed by atoms with E-state index >= 15 is 0 Å². The second-order valence-corrected chi connectivity index (χ2v) is 3.10. The van der Waals surface area contributed by atoms with Crippen LogP contribution in [0.3, 0.4) is 0 Å². The van der Waals surface area contributed by atoms with Gasteiger partial charge >= 0.3 is 5.97 Å². The predicted molar refractivity (Wildman–Crippen MR) is 61.5 cm³/mol. The molecule has 1 aromatic rings. The van der Waals surface area contributed by atoms with Crippen LogP contribution in [-0.4, -0.2) is 13.1 Å². The standard InChI is InChI=1S/C12H12N2O2/c1-16-12(15)10-6-5-9(11(14)8-10)4-2-3-7-13/h2,4-6,8H,3,14H2,1H3. The van der Waals surface area contributed by atoms with E-state index in [1.165, 1.54) is 7.11 Å². The summed E-state index contributed by atoms with van der Waals surface area (Å²) >= 11 is 0. The lowest BCUT2D eigenvalue weighted by molar-refractivity contribution is 0.0601. The minimum absolute atomic E-state index is 0.332. The molecule has 0 atom stereocenters. The summed E-state index contributed by atoms with van der Waals surface area (Å²) < 4.78 is 4.57. The van der Waals surface area contributed by atoms with Gasteiger partial charge in [0.2, 0.25) is 0 Å². The summed E-state index contributed by atoms with van der Waals surface area (Å²) in [6.45, 7) is 0. The molecule has 0 spiro atoms. The summed E-state index contributed by atoms with van der Waals surface area (Å²) in [5.41, 5.74) is 7.43. The smallest absolute Gasteiger partial charge is 0.337 e. The summed E-state index contributed by atoms with van der Waals surface area (Å²) in [6.07, 6.45) is 3.79. The van der Waals surface area contributed by atoms with Crippen LogP contribution < -0.4 is 5.73 Å². The Morgan fingerprint density at radius 3 is 2.94 bits per heavy atom. The monoisotopic (exact) mass is 216 g/mol. The van der Waals surface area contributed by atoms with Crippen molar-refractivity contribution in [2.45, 2.75) is 6.42 Å². The number of anilines is 1. The Morgan fingerprint density at radius 1 is 1.62 bits per heavy atom. The first-order valence-electron chi connectivity index (χ1n) is 4.70. The molecule has 0 aliphatic carbocycles. The summed E-state index contributed by atoms with van der Waals surface area (Å²) in [5, 5.41) is 8.37. The zero-order chi connectivity index (χ0) is 12.0. The SMILES string of the molecule is COC(=O)c1ccc(C=CCC#N)c(N)c1. The number of esters is 1. The molecule has 0 aliphatic rings. The molecule has 0 saturated heterocycles. The van der Waals surface area contributed by atoms with E-state index < -0.39 is 5.97 Å². The summed E-state index contributed by atoms with van der Waals surface area (Å²) in [6, 6.07) is 6.90. The summed E-state index contributed by atoms with van der Waals surface area (Å²) in [7, 11) is 1.32. The van der Waals surface area contributed by atoms with E-state index in [9.17, 15) is 4.79 Å². The van der Waals surface area contributed by atoms with Gasteiger partial charge in [-0.25, -0.2) is 4.79 Å². The lowest BCUT2D eigenvalue weighted by atomic mass is 10.1. The second-order valence-electron chi connectivity index (χ2n) is 3.10. The molecule has 2 N–H and O–H groups in total. The molecule has 1 rings (SSSR count). The third kappa shape index (κ3) is 2.85. The lowest BCUT2D eigenvalue weighted by Crippen LogP contribution is -2.02. The number of hydrogen-bond donors (Lipinski definition) is 1. The zero-order valence-corrected chi connectivity index (χ0v) is 8.93. The average molecular weight is 216 g/mol. The van der Waals surface area contributed by atoms with Crippen LogP contribution in [0.2, 0.25) is 0 Å². The molecular weight excluding hydrogens is 204 g/mol. The fourth-order valence-corrected chi connectivity index (χ4v) is 1.21. The van der Waals surface area contributed by atoms with Gasteiger partial charge in [0, 0.05) is 5.69 Å². The van der Waals surface area contributed by atoms with Crippen molar-refractivity contribution in [3.63, 3.8) is 0 Å². The Bertz CT molecular complexity index is 459. The quantitative estimate of drug-likeness (QED) is 0.619. The van der Waals surface area contributed by atoms with Gasteiger partial charge in [-0.15, -0.1) is 0 Å². The lowest BCUT2D eigenvalue weighted by Gasteiger charge is -2.03. The van der Waals surface area contributed by atoms with Crippen LogP contribution >= 0.6 is 0 Å². The van der Waals surface area contributed by atoms with Gasteiger partial charge in [-0.2, -0.15) is 5.26 Å². The maximum absolute atomic E-state index is 11.2. The van der Waals surface area contributed by atoms with E-state index in [4.69, 9.17) is 11.0 Å². The highest BCUT2D eigenvalue weighted by Gasteiger charge is 2.06. The van der Waals surface area contributed by atoms with E-state index in [-0.39, 0.29) is 0 Å². The number of benzene rings is 1. The van der Waals surface area contributed by atoms with Crippen LogP contribution in [-0.2, 0) is 4.74 Å². The van der Waals surface area contributed by atoms with Crippen LogP contribution in [0, 0.1) is 11.3 Å². The van der Waals surface area contributed by atoms with Crippen molar-refractivity contribution in [2.75, 3.05) is 12.8 Å². The van der Waals surface area contributed by atoms with E-state index in [0.29, 0.717) is 17.7 Å². The Labute approximate surface area is 93.9 Å². The number of methoxy groups -OCH3 is 1. The van der Waals surface area contributed by atoms with E-state index in [0.717, 1.165) is 5.56 Å². The molecule has 16 heavy (non-hydrogen) atoms. The van der Waals surface area contributed by atoms with Gasteiger partial charge in [0.05, 0.1) is 25.2 Å². The molecule has 0 aromatic heterocycles. The predicted octanol–water partition coefficient (Wildman–Crippen LogP) is 1.98. The maximum Gasteiger partial charge on any atom is 0.337 e. The Morgan fingerprint density at radius 2 is 2.38 bits per heavy atom. The molecule has 0 amide bonds. The van der Waals surface area contributed by atoms with Gasteiger partial charge < -0.3 is 10.5 Å². The molecule has 4 nitrogen and oxygen atoms in total. The van der Waals surface area contributed by atoms with Crippen LogP contribution in [0.1, 0.15) is 22.3 Å². The largest absolute Gasteiger partial charge is 0.465 e. The van der Waals surface area contributed by atoms with Crippen molar-refractivity contribution < 1.29 is 9.53 Å². The van der Waals surface area contributed by atoms with Gasteiger partial charge in [0.15, 0.2) is 0 Å². The number of rotatable bonds is 3. The first kappa shape index (κ1) is 11.8. The highest BCUT2D eigenvalue weighted by atomic mass is 16.5. The Hall–Kier alpha value is -2.28. The number of allylic oxidation sites excluding steroid dienone is 1. The highest BCUT2D eigenvalue weighted by molar-refractivity contribution is 5.91. The number of ether oxygens (including phenoxy) is 1. The van der Waals surface area contributed by atoms with Crippen molar-refractivity contribution >= 4 is 17.7 Å². The minimum atomic E-state index is -0.417. The van der Waals surface area contributed by atoms with Crippen LogP contribution in [0.5, 0.6) is 0 Å². The molecule has 82 valence electrons. The molecule has 0 bridgehead atoms. The molecule has 0 fully saturated rings. The topological polar surface area (TPSA) is 76.1 Å². The first-order valence-corrected chi connectivity index (χ1v) is 4.70. The number of carbonyl (C=O) groups is 1. The summed E-state index contributed by atoms with van der Waals surface area (Å²) in [5.74, 6) is -0.417. The molecule has 1 aromatic carbocycles. The number of carbonyl (C=O) groups excluding carboxylic acids is 1. The van der Waals surface area contributed by atoms with E-state index in [1.54, 1.807) is 30.4 Å².